The van der Waals surface area contributed by atoms with Crippen molar-refractivity contribution in [3.05, 3.63) is 34.0 Å². The van der Waals surface area contributed by atoms with Crippen molar-refractivity contribution in [3.8, 4) is 0 Å². The predicted molar refractivity (Wildman–Crippen MR) is 115 cm³/mol. The number of nitrogens with one attached hydrogen (secondary N) is 1. The number of nitrogens with zero attached hydrogens (tertiary/aromatic N) is 3. The van der Waals surface area contributed by atoms with Gasteiger partial charge in [0.25, 0.3) is 15.9 Å². The molecule has 168 valence electrons. The second-order valence-corrected chi connectivity index (χ2v) is 10.9. The largest absolute Gasteiger partial charge is 0.465 e. The number of aromatic nitrogens is 2. The molecule has 1 saturated carbocycles. The van der Waals surface area contributed by atoms with Crippen LogP contribution in [0, 0.1) is 0 Å². The molecule has 2 aromatic rings. The Hall–Kier alpha value is -2.24. The van der Waals surface area contributed by atoms with Gasteiger partial charge in [0.05, 0.1) is 19.2 Å². The summed E-state index contributed by atoms with van der Waals surface area (Å²) in [5, 5.41) is 4.04. The molecule has 1 aliphatic heterocycles. The number of fused-ring (bicyclic) bond motifs is 1. The van der Waals surface area contributed by atoms with Crippen LogP contribution in [0.4, 0.5) is 0 Å². The monoisotopic (exact) mass is 466 g/mol. The Balaban J connectivity index is 1.65. The molecule has 2 aromatic heterocycles. The molecule has 0 saturated heterocycles. The third-order valence-electron chi connectivity index (χ3n) is 5.91. The number of hydrogen-bond acceptors (Lipinski definition) is 7. The SMILES string of the molecule is COC(=O)c1c(S(=O)(=O)NC2CCCCC2)sc2c1CCN(C(=O)c1ccnn1C)C2. The van der Waals surface area contributed by atoms with Gasteiger partial charge in [-0.3, -0.25) is 9.48 Å². The zero-order chi connectivity index (χ0) is 22.2. The first-order chi connectivity index (χ1) is 14.8. The van der Waals surface area contributed by atoms with E-state index in [0.29, 0.717) is 29.1 Å². The Labute approximate surface area is 185 Å². The van der Waals surface area contributed by atoms with E-state index in [0.717, 1.165) is 43.4 Å². The smallest absolute Gasteiger partial charge is 0.340 e. The van der Waals surface area contributed by atoms with E-state index in [9.17, 15) is 18.0 Å². The molecule has 1 aliphatic carbocycles. The van der Waals surface area contributed by atoms with Crippen molar-refractivity contribution in [2.75, 3.05) is 13.7 Å². The molecule has 0 bridgehead atoms. The molecule has 0 spiro atoms. The first kappa shape index (κ1) is 22.0. The van der Waals surface area contributed by atoms with E-state index in [4.69, 9.17) is 4.74 Å². The van der Waals surface area contributed by atoms with Crippen LogP contribution in [0.2, 0.25) is 0 Å². The van der Waals surface area contributed by atoms with Gasteiger partial charge in [-0.2, -0.15) is 5.10 Å². The second-order valence-electron chi connectivity index (χ2n) is 7.93. The van der Waals surface area contributed by atoms with E-state index >= 15 is 0 Å². The molecule has 31 heavy (non-hydrogen) atoms. The summed E-state index contributed by atoms with van der Waals surface area (Å²) in [5.41, 5.74) is 1.23. The molecule has 2 aliphatic rings. The molecule has 0 aromatic carbocycles. The van der Waals surface area contributed by atoms with Gasteiger partial charge in [0, 0.05) is 30.7 Å². The van der Waals surface area contributed by atoms with Crippen molar-refractivity contribution in [3.63, 3.8) is 0 Å². The van der Waals surface area contributed by atoms with Crippen LogP contribution in [0.1, 0.15) is 63.4 Å². The van der Waals surface area contributed by atoms with E-state index in [2.05, 4.69) is 9.82 Å². The van der Waals surface area contributed by atoms with Crippen LogP contribution in [0.15, 0.2) is 16.5 Å². The van der Waals surface area contributed by atoms with Gasteiger partial charge in [-0.25, -0.2) is 17.9 Å². The number of aryl methyl sites for hydroxylation is 1. The normalized spacial score (nSPS) is 17.4. The standard InChI is InChI=1S/C20H26N4O5S2/c1-23-15(8-10-21-23)18(25)24-11-9-14-16(12-24)30-20(17(14)19(26)29-2)31(27,28)22-13-6-4-3-5-7-13/h8,10,13,22H,3-7,9,11-12H2,1-2H3. The lowest BCUT2D eigenvalue weighted by molar-refractivity contribution is 0.0595. The summed E-state index contributed by atoms with van der Waals surface area (Å²) in [6, 6.07) is 1.53. The maximum absolute atomic E-state index is 13.2. The van der Waals surface area contributed by atoms with Crippen LogP contribution in [-0.4, -0.2) is 54.7 Å². The lowest BCUT2D eigenvalue weighted by Gasteiger charge is -2.27. The fraction of sp³-hybridized carbons (Fsp3) is 0.550. The third-order valence-corrected chi connectivity index (χ3v) is 9.17. The zero-order valence-corrected chi connectivity index (χ0v) is 19.2. The van der Waals surface area contributed by atoms with Crippen LogP contribution in [0.3, 0.4) is 0 Å². The van der Waals surface area contributed by atoms with Crippen LogP contribution in [-0.2, 0) is 34.8 Å². The molecule has 4 rings (SSSR count). The highest BCUT2D eigenvalue weighted by atomic mass is 32.2. The minimum Gasteiger partial charge on any atom is -0.465 e. The highest BCUT2D eigenvalue weighted by Crippen LogP contribution is 2.37. The summed E-state index contributed by atoms with van der Waals surface area (Å²) in [7, 11) is -0.930. The number of carbonyl (C=O) groups is 2. The predicted octanol–water partition coefficient (Wildman–Crippen LogP) is 2.08. The molecule has 0 radical (unpaired) electrons. The number of amides is 1. The molecule has 0 unspecified atom stereocenters. The second kappa shape index (κ2) is 8.71. The Bertz CT molecular complexity index is 1100. The maximum atomic E-state index is 13.2. The minimum absolute atomic E-state index is 0.00949. The number of ether oxygens (including phenoxy) is 1. The fourth-order valence-corrected chi connectivity index (χ4v) is 7.51. The summed E-state index contributed by atoms with van der Waals surface area (Å²) >= 11 is 1.06. The van der Waals surface area contributed by atoms with Gasteiger partial charge in [0.2, 0.25) is 0 Å². The molecule has 0 atom stereocenters. The first-order valence-electron chi connectivity index (χ1n) is 10.3. The number of esters is 1. The van der Waals surface area contributed by atoms with E-state index in [-0.39, 0.29) is 28.3 Å². The average Bonchev–Trinajstić information content (AvgIpc) is 3.36. The summed E-state index contributed by atoms with van der Waals surface area (Å²) in [5.74, 6) is -0.837. The topological polar surface area (TPSA) is 111 Å². The van der Waals surface area contributed by atoms with Crippen molar-refractivity contribution < 1.29 is 22.7 Å². The lowest BCUT2D eigenvalue weighted by atomic mass is 9.96. The van der Waals surface area contributed by atoms with Crippen LogP contribution in [0.25, 0.3) is 0 Å². The quantitative estimate of drug-likeness (QED) is 0.676. The van der Waals surface area contributed by atoms with Crippen molar-refractivity contribution in [2.45, 2.75) is 55.3 Å². The number of rotatable bonds is 5. The van der Waals surface area contributed by atoms with Crippen LogP contribution in [0.5, 0.6) is 0 Å². The zero-order valence-electron chi connectivity index (χ0n) is 17.6. The Morgan fingerprint density at radius 1 is 1.26 bits per heavy atom. The molecule has 9 nitrogen and oxygen atoms in total. The molecule has 1 N–H and O–H groups in total. The Kier molecular flexibility index (Phi) is 6.18. The van der Waals surface area contributed by atoms with Gasteiger partial charge in [0.15, 0.2) is 0 Å². The van der Waals surface area contributed by atoms with Crippen molar-refractivity contribution >= 4 is 33.2 Å². The minimum atomic E-state index is -3.88. The third kappa shape index (κ3) is 4.26. The lowest BCUT2D eigenvalue weighted by Crippen LogP contribution is -2.37. The number of sulfonamides is 1. The molecular formula is C20H26N4O5S2. The summed E-state index contributed by atoms with van der Waals surface area (Å²) in [4.78, 5) is 27.8. The Morgan fingerprint density at radius 3 is 2.65 bits per heavy atom. The van der Waals surface area contributed by atoms with Gasteiger partial charge >= 0.3 is 5.97 Å². The Morgan fingerprint density at radius 2 is 2.00 bits per heavy atom. The van der Waals surface area contributed by atoms with Crippen LogP contribution < -0.4 is 4.72 Å². The van der Waals surface area contributed by atoms with Crippen molar-refractivity contribution in [1.29, 1.82) is 0 Å². The first-order valence-corrected chi connectivity index (χ1v) is 12.6. The molecule has 3 heterocycles. The van der Waals surface area contributed by atoms with E-state index < -0.39 is 16.0 Å². The number of thiophene rings is 1. The van der Waals surface area contributed by atoms with E-state index in [1.165, 1.54) is 11.8 Å². The number of hydrogen-bond donors (Lipinski definition) is 1. The number of carbonyl (C=O) groups excluding carboxylic acids is 2. The molecule has 1 amide bonds. The van der Waals surface area contributed by atoms with Gasteiger partial charge in [0.1, 0.15) is 9.90 Å². The molecule has 1 fully saturated rings. The molecular weight excluding hydrogens is 440 g/mol. The number of methoxy groups -OCH3 is 1. The van der Waals surface area contributed by atoms with E-state index in [1.807, 2.05) is 0 Å². The van der Waals surface area contributed by atoms with Gasteiger partial charge in [-0.05, 0) is 30.9 Å². The highest BCUT2D eigenvalue weighted by Gasteiger charge is 2.36. The van der Waals surface area contributed by atoms with Crippen LogP contribution >= 0.6 is 11.3 Å². The van der Waals surface area contributed by atoms with Gasteiger partial charge in [-0.15, -0.1) is 11.3 Å². The maximum Gasteiger partial charge on any atom is 0.340 e. The average molecular weight is 467 g/mol. The van der Waals surface area contributed by atoms with Crippen molar-refractivity contribution in [1.82, 2.24) is 19.4 Å². The fourth-order valence-electron chi connectivity index (χ4n) is 4.29. The van der Waals surface area contributed by atoms with Gasteiger partial charge in [-0.1, -0.05) is 19.3 Å². The summed E-state index contributed by atoms with van der Waals surface area (Å²) < 4.78 is 35.6. The summed E-state index contributed by atoms with van der Waals surface area (Å²) in [6.45, 7) is 0.625. The highest BCUT2D eigenvalue weighted by molar-refractivity contribution is 7.91. The molecule has 11 heteroatoms. The van der Waals surface area contributed by atoms with Gasteiger partial charge < -0.3 is 9.64 Å². The summed E-state index contributed by atoms with van der Waals surface area (Å²) in [6.07, 6.45) is 6.63. The van der Waals surface area contributed by atoms with E-state index in [1.54, 1.807) is 24.2 Å². The van der Waals surface area contributed by atoms with Crippen molar-refractivity contribution in [2.24, 2.45) is 7.05 Å².